The van der Waals surface area contributed by atoms with Gasteiger partial charge >= 0.3 is 0 Å². The molecule has 1 amide bonds. The van der Waals surface area contributed by atoms with Gasteiger partial charge in [0.25, 0.3) is 5.91 Å². The van der Waals surface area contributed by atoms with Crippen LogP contribution in [-0.4, -0.2) is 25.2 Å². The van der Waals surface area contributed by atoms with Crippen molar-refractivity contribution in [3.05, 3.63) is 53.1 Å². The van der Waals surface area contributed by atoms with Crippen LogP contribution >= 0.6 is 0 Å². The number of rotatable bonds is 5. The summed E-state index contributed by atoms with van der Waals surface area (Å²) < 4.78 is 37.2. The predicted octanol–water partition coefficient (Wildman–Crippen LogP) is 3.18. The van der Waals surface area contributed by atoms with Crippen LogP contribution in [0, 0.1) is 11.6 Å². The third-order valence-electron chi connectivity index (χ3n) is 3.51. The Morgan fingerprint density at radius 2 is 1.88 bits per heavy atom. The van der Waals surface area contributed by atoms with Crippen molar-refractivity contribution in [1.29, 1.82) is 0 Å². The first-order valence-corrected chi connectivity index (χ1v) is 7.08. The number of halogens is 2. The van der Waals surface area contributed by atoms with Gasteiger partial charge in [-0.1, -0.05) is 0 Å². The number of phenols is 1. The monoisotopic (exact) mass is 337 g/mol. The van der Waals surface area contributed by atoms with Crippen molar-refractivity contribution in [2.24, 2.45) is 0 Å². The summed E-state index contributed by atoms with van der Waals surface area (Å²) in [6.45, 7) is 1.66. The van der Waals surface area contributed by atoms with Crippen LogP contribution in [0.1, 0.15) is 28.9 Å². The van der Waals surface area contributed by atoms with Crippen LogP contribution < -0.4 is 14.8 Å². The zero-order valence-corrected chi connectivity index (χ0v) is 13.4. The summed E-state index contributed by atoms with van der Waals surface area (Å²) in [4.78, 5) is 12.2. The minimum atomic E-state index is -1.14. The van der Waals surface area contributed by atoms with Gasteiger partial charge in [0.05, 0.1) is 20.3 Å². The number of carbonyl (C=O) groups excluding carboxylic acids is 1. The van der Waals surface area contributed by atoms with Gasteiger partial charge in [0.1, 0.15) is 34.4 Å². The summed E-state index contributed by atoms with van der Waals surface area (Å²) in [6, 6.07) is 5.67. The number of benzene rings is 2. The third kappa shape index (κ3) is 3.56. The van der Waals surface area contributed by atoms with E-state index in [0.717, 1.165) is 0 Å². The summed E-state index contributed by atoms with van der Waals surface area (Å²) in [7, 11) is 2.98. The zero-order chi connectivity index (χ0) is 17.9. The molecule has 0 spiro atoms. The van der Waals surface area contributed by atoms with E-state index in [1.807, 2.05) is 0 Å². The Hall–Kier alpha value is -2.83. The van der Waals surface area contributed by atoms with Crippen LogP contribution in [0.3, 0.4) is 0 Å². The van der Waals surface area contributed by atoms with Crippen molar-refractivity contribution in [1.82, 2.24) is 5.32 Å². The Balaban J connectivity index is 2.30. The maximum absolute atomic E-state index is 13.8. The molecule has 0 bridgehead atoms. The fourth-order valence-corrected chi connectivity index (χ4v) is 2.31. The first-order valence-electron chi connectivity index (χ1n) is 7.08. The first kappa shape index (κ1) is 17.5. The van der Waals surface area contributed by atoms with Gasteiger partial charge in [0.15, 0.2) is 0 Å². The van der Waals surface area contributed by atoms with Crippen molar-refractivity contribution < 1.29 is 28.2 Å². The minimum Gasteiger partial charge on any atom is -0.507 e. The van der Waals surface area contributed by atoms with Crippen molar-refractivity contribution in [3.63, 3.8) is 0 Å². The summed E-state index contributed by atoms with van der Waals surface area (Å²) in [5.74, 6) is -2.69. The summed E-state index contributed by atoms with van der Waals surface area (Å²) >= 11 is 0. The predicted molar refractivity (Wildman–Crippen MR) is 83.5 cm³/mol. The SMILES string of the molecule is COc1ccc(OC)c(C(C)NC(=O)c2c(O)cc(F)cc2F)c1. The molecule has 0 aliphatic rings. The van der Waals surface area contributed by atoms with Crippen LogP contribution in [0.2, 0.25) is 0 Å². The fourth-order valence-electron chi connectivity index (χ4n) is 2.31. The van der Waals surface area contributed by atoms with E-state index in [4.69, 9.17) is 9.47 Å². The average Bonchev–Trinajstić information content (AvgIpc) is 2.53. The second kappa shape index (κ2) is 7.16. The maximum Gasteiger partial charge on any atom is 0.258 e. The van der Waals surface area contributed by atoms with Crippen molar-refractivity contribution in [3.8, 4) is 17.2 Å². The Labute approximate surface area is 137 Å². The van der Waals surface area contributed by atoms with E-state index in [9.17, 15) is 18.7 Å². The number of nitrogens with one attached hydrogen (secondary N) is 1. The summed E-state index contributed by atoms with van der Waals surface area (Å²) in [6.07, 6.45) is 0. The van der Waals surface area contributed by atoms with Gasteiger partial charge in [0.2, 0.25) is 0 Å². The highest BCUT2D eigenvalue weighted by molar-refractivity contribution is 5.97. The zero-order valence-electron chi connectivity index (χ0n) is 13.4. The molecule has 0 fully saturated rings. The first-order chi connectivity index (χ1) is 11.4. The number of carbonyl (C=O) groups is 1. The lowest BCUT2D eigenvalue weighted by Crippen LogP contribution is -2.28. The molecule has 1 unspecified atom stereocenters. The fraction of sp³-hybridized carbons (Fsp3) is 0.235. The molecule has 0 radical (unpaired) electrons. The average molecular weight is 337 g/mol. The number of phenolic OH excluding ortho intramolecular Hbond substituents is 1. The molecule has 0 aromatic heterocycles. The highest BCUT2D eigenvalue weighted by Gasteiger charge is 2.22. The number of hydrogen-bond acceptors (Lipinski definition) is 4. The number of amides is 1. The van der Waals surface area contributed by atoms with Gasteiger partial charge in [-0.05, 0) is 25.1 Å². The molecule has 2 N–H and O–H groups in total. The van der Waals surface area contributed by atoms with Gasteiger partial charge in [-0.15, -0.1) is 0 Å². The van der Waals surface area contributed by atoms with Crippen LogP contribution in [-0.2, 0) is 0 Å². The Bertz CT molecular complexity index is 741. The molecule has 24 heavy (non-hydrogen) atoms. The Morgan fingerprint density at radius 3 is 2.46 bits per heavy atom. The summed E-state index contributed by atoms with van der Waals surface area (Å²) in [5, 5.41) is 12.2. The molecule has 0 aliphatic heterocycles. The van der Waals surface area contributed by atoms with E-state index in [2.05, 4.69) is 5.32 Å². The van der Waals surface area contributed by atoms with E-state index in [-0.39, 0.29) is 0 Å². The van der Waals surface area contributed by atoms with E-state index < -0.39 is 34.9 Å². The molecule has 0 saturated carbocycles. The Morgan fingerprint density at radius 1 is 1.17 bits per heavy atom. The molecule has 0 saturated heterocycles. The molecule has 2 rings (SSSR count). The molecule has 0 aliphatic carbocycles. The number of ether oxygens (including phenoxy) is 2. The second-order valence-electron chi connectivity index (χ2n) is 5.08. The smallest absolute Gasteiger partial charge is 0.258 e. The van der Waals surface area contributed by atoms with Crippen LogP contribution in [0.25, 0.3) is 0 Å². The lowest BCUT2D eigenvalue weighted by Gasteiger charge is -2.18. The number of hydrogen-bond donors (Lipinski definition) is 2. The molecule has 2 aromatic rings. The summed E-state index contributed by atoms with van der Waals surface area (Å²) in [5.41, 5.74) is -0.0164. The molecular formula is C17H17F2NO4. The normalized spacial score (nSPS) is 11.7. The van der Waals surface area contributed by atoms with E-state index in [0.29, 0.717) is 29.2 Å². The standard InChI is InChI=1S/C17H17F2NO4/c1-9(12-8-11(23-2)4-5-15(12)24-3)20-17(22)16-13(19)6-10(18)7-14(16)21/h4-9,21H,1-3H3,(H,20,22). The molecule has 0 heterocycles. The van der Waals surface area contributed by atoms with Gasteiger partial charge in [-0.25, -0.2) is 8.78 Å². The van der Waals surface area contributed by atoms with Crippen LogP contribution in [0.15, 0.2) is 30.3 Å². The topological polar surface area (TPSA) is 67.8 Å². The minimum absolute atomic E-state index is 0.507. The lowest BCUT2D eigenvalue weighted by molar-refractivity contribution is 0.0932. The van der Waals surface area contributed by atoms with Crippen molar-refractivity contribution in [2.45, 2.75) is 13.0 Å². The quantitative estimate of drug-likeness (QED) is 0.879. The lowest BCUT2D eigenvalue weighted by atomic mass is 10.1. The van der Waals surface area contributed by atoms with Crippen LogP contribution in [0.4, 0.5) is 8.78 Å². The highest BCUT2D eigenvalue weighted by Crippen LogP contribution is 2.30. The van der Waals surface area contributed by atoms with Gasteiger partial charge in [0, 0.05) is 17.7 Å². The van der Waals surface area contributed by atoms with E-state index in [1.54, 1.807) is 25.1 Å². The molecule has 5 nitrogen and oxygen atoms in total. The number of aromatic hydroxyl groups is 1. The van der Waals surface area contributed by atoms with Gasteiger partial charge in [-0.2, -0.15) is 0 Å². The largest absolute Gasteiger partial charge is 0.507 e. The number of methoxy groups -OCH3 is 2. The molecule has 7 heteroatoms. The Kier molecular flexibility index (Phi) is 5.23. The van der Waals surface area contributed by atoms with Crippen LogP contribution in [0.5, 0.6) is 17.2 Å². The maximum atomic E-state index is 13.8. The molecular weight excluding hydrogens is 320 g/mol. The second-order valence-corrected chi connectivity index (χ2v) is 5.08. The van der Waals surface area contributed by atoms with E-state index >= 15 is 0 Å². The third-order valence-corrected chi connectivity index (χ3v) is 3.51. The molecule has 128 valence electrons. The van der Waals surface area contributed by atoms with Crippen molar-refractivity contribution in [2.75, 3.05) is 14.2 Å². The van der Waals surface area contributed by atoms with Gasteiger partial charge < -0.3 is 19.9 Å². The van der Waals surface area contributed by atoms with E-state index in [1.165, 1.54) is 14.2 Å². The van der Waals surface area contributed by atoms with Gasteiger partial charge in [-0.3, -0.25) is 4.79 Å². The highest BCUT2D eigenvalue weighted by atomic mass is 19.1. The molecule has 1 atom stereocenters. The van der Waals surface area contributed by atoms with Crippen molar-refractivity contribution >= 4 is 5.91 Å². The molecule has 2 aromatic carbocycles.